The van der Waals surface area contributed by atoms with Gasteiger partial charge in [0.2, 0.25) is 5.91 Å². The fourth-order valence-electron chi connectivity index (χ4n) is 2.16. The molecule has 1 aromatic carbocycles. The van der Waals surface area contributed by atoms with Gasteiger partial charge in [-0.15, -0.1) is 0 Å². The lowest BCUT2D eigenvalue weighted by Gasteiger charge is -2.17. The van der Waals surface area contributed by atoms with Crippen molar-refractivity contribution in [1.29, 1.82) is 0 Å². The Morgan fingerprint density at radius 3 is 2.76 bits per heavy atom. The predicted molar refractivity (Wildman–Crippen MR) is 60.4 cm³/mol. The average Bonchev–Trinajstić information content (AvgIpc) is 3.11. The van der Waals surface area contributed by atoms with E-state index >= 15 is 0 Å². The Hall–Kier alpha value is -1.71. The Labute approximate surface area is 98.0 Å². The van der Waals surface area contributed by atoms with E-state index in [0.29, 0.717) is 18.5 Å². The molecule has 0 aromatic heterocycles. The van der Waals surface area contributed by atoms with Crippen LogP contribution in [-0.2, 0) is 11.2 Å². The number of nitrogens with one attached hydrogen (secondary N) is 1. The summed E-state index contributed by atoms with van der Waals surface area (Å²) >= 11 is 0. The topological polar surface area (TPSA) is 46.2 Å². The lowest BCUT2D eigenvalue weighted by Crippen LogP contribution is -2.20. The second kappa shape index (κ2) is 3.65. The molecule has 1 aliphatic heterocycles. The highest BCUT2D eigenvalue weighted by Gasteiger charge is 2.32. The number of ketones is 1. The van der Waals surface area contributed by atoms with Crippen molar-refractivity contribution in [3.8, 4) is 0 Å². The monoisotopic (exact) mass is 233 g/mol. The van der Waals surface area contributed by atoms with Crippen molar-refractivity contribution in [2.75, 3.05) is 5.32 Å². The van der Waals surface area contributed by atoms with Gasteiger partial charge in [0.05, 0.1) is 5.56 Å². The Morgan fingerprint density at radius 1 is 1.29 bits per heavy atom. The molecule has 4 heteroatoms. The molecule has 1 saturated carbocycles. The van der Waals surface area contributed by atoms with Crippen molar-refractivity contribution >= 4 is 17.4 Å². The lowest BCUT2D eigenvalue weighted by atomic mass is 9.97. The largest absolute Gasteiger partial charge is 0.326 e. The van der Waals surface area contributed by atoms with Crippen LogP contribution in [0.1, 0.15) is 35.2 Å². The number of halogens is 1. The van der Waals surface area contributed by atoms with E-state index in [1.165, 1.54) is 6.07 Å². The van der Waals surface area contributed by atoms with Gasteiger partial charge in [-0.2, -0.15) is 0 Å². The van der Waals surface area contributed by atoms with Crippen LogP contribution in [0.4, 0.5) is 10.1 Å². The molecule has 1 N–H and O–H groups in total. The first kappa shape index (κ1) is 10.4. The molecule has 1 aliphatic carbocycles. The minimum absolute atomic E-state index is 0.0146. The van der Waals surface area contributed by atoms with E-state index in [4.69, 9.17) is 0 Å². The molecule has 2 aliphatic rings. The van der Waals surface area contributed by atoms with E-state index < -0.39 is 5.82 Å². The van der Waals surface area contributed by atoms with Crippen molar-refractivity contribution < 1.29 is 14.0 Å². The average molecular weight is 233 g/mol. The molecule has 17 heavy (non-hydrogen) atoms. The molecule has 1 fully saturated rings. The van der Waals surface area contributed by atoms with Gasteiger partial charge in [-0.05, 0) is 37.0 Å². The van der Waals surface area contributed by atoms with Crippen LogP contribution in [0.15, 0.2) is 12.1 Å². The van der Waals surface area contributed by atoms with Gasteiger partial charge in [0.15, 0.2) is 5.78 Å². The zero-order valence-electron chi connectivity index (χ0n) is 9.25. The quantitative estimate of drug-likeness (QED) is 0.797. The fourth-order valence-corrected chi connectivity index (χ4v) is 2.16. The molecule has 1 amide bonds. The maximum absolute atomic E-state index is 13.8. The summed E-state index contributed by atoms with van der Waals surface area (Å²) in [5.41, 5.74) is 1.54. The van der Waals surface area contributed by atoms with Crippen LogP contribution < -0.4 is 5.32 Å². The van der Waals surface area contributed by atoms with Crippen molar-refractivity contribution in [3.05, 3.63) is 29.1 Å². The first-order valence-corrected chi connectivity index (χ1v) is 5.81. The summed E-state index contributed by atoms with van der Waals surface area (Å²) in [6.45, 7) is 0. The van der Waals surface area contributed by atoms with Crippen LogP contribution >= 0.6 is 0 Å². The molecular weight excluding hydrogens is 221 g/mol. The van der Waals surface area contributed by atoms with Crippen molar-refractivity contribution in [2.45, 2.75) is 25.7 Å². The van der Waals surface area contributed by atoms with Crippen molar-refractivity contribution in [1.82, 2.24) is 0 Å². The smallest absolute Gasteiger partial charge is 0.224 e. The third kappa shape index (κ3) is 1.84. The second-order valence-electron chi connectivity index (χ2n) is 4.68. The van der Waals surface area contributed by atoms with Gasteiger partial charge in [0.1, 0.15) is 5.82 Å². The van der Waals surface area contributed by atoms with Crippen LogP contribution in [0.2, 0.25) is 0 Å². The number of Topliss-reactive ketones (excluding diaryl/α,β-unsaturated/α-hetero) is 1. The normalized spacial score (nSPS) is 18.5. The van der Waals surface area contributed by atoms with Crippen LogP contribution in [0.25, 0.3) is 0 Å². The van der Waals surface area contributed by atoms with Gasteiger partial charge < -0.3 is 5.32 Å². The van der Waals surface area contributed by atoms with E-state index in [1.54, 1.807) is 6.07 Å². The molecule has 0 saturated heterocycles. The number of hydrogen-bond donors (Lipinski definition) is 1. The molecule has 0 unspecified atom stereocenters. The van der Waals surface area contributed by atoms with Gasteiger partial charge >= 0.3 is 0 Å². The summed E-state index contributed by atoms with van der Waals surface area (Å²) in [7, 11) is 0. The van der Waals surface area contributed by atoms with Crippen LogP contribution in [-0.4, -0.2) is 11.7 Å². The van der Waals surface area contributed by atoms with E-state index in [0.717, 1.165) is 18.4 Å². The summed E-state index contributed by atoms with van der Waals surface area (Å²) in [5.74, 6) is -0.705. The highest BCUT2D eigenvalue weighted by atomic mass is 19.1. The van der Waals surface area contributed by atoms with Crippen molar-refractivity contribution in [3.63, 3.8) is 0 Å². The van der Waals surface area contributed by atoms with Crippen LogP contribution in [0.3, 0.4) is 0 Å². The number of rotatable bonds is 2. The summed E-state index contributed by atoms with van der Waals surface area (Å²) in [6, 6.07) is 2.87. The van der Waals surface area contributed by atoms with Gasteiger partial charge in [-0.1, -0.05) is 0 Å². The summed E-state index contributed by atoms with van der Waals surface area (Å²) in [6.07, 6.45) is 2.71. The Kier molecular flexibility index (Phi) is 2.24. The molecule has 0 bridgehead atoms. The van der Waals surface area contributed by atoms with Crippen LogP contribution in [0, 0.1) is 11.7 Å². The second-order valence-corrected chi connectivity index (χ2v) is 4.68. The Bertz CT molecular complexity index is 520. The maximum atomic E-state index is 13.8. The maximum Gasteiger partial charge on any atom is 0.224 e. The minimum atomic E-state index is -0.525. The first-order chi connectivity index (χ1) is 8.15. The fraction of sp³-hybridized carbons (Fsp3) is 0.385. The van der Waals surface area contributed by atoms with Crippen LogP contribution in [0.5, 0.6) is 0 Å². The molecule has 0 radical (unpaired) electrons. The summed E-state index contributed by atoms with van der Waals surface area (Å²) < 4.78 is 13.8. The number of fused-ring (bicyclic) bond motifs is 1. The minimum Gasteiger partial charge on any atom is -0.326 e. The van der Waals surface area contributed by atoms with Gasteiger partial charge in [-0.25, -0.2) is 4.39 Å². The van der Waals surface area contributed by atoms with Crippen molar-refractivity contribution in [2.24, 2.45) is 5.92 Å². The molecule has 0 spiro atoms. The Morgan fingerprint density at radius 2 is 2.06 bits per heavy atom. The van der Waals surface area contributed by atoms with E-state index in [2.05, 4.69) is 5.32 Å². The number of amides is 1. The number of aryl methyl sites for hydroxylation is 1. The lowest BCUT2D eigenvalue weighted by molar-refractivity contribution is -0.116. The number of anilines is 1. The molecule has 88 valence electrons. The summed E-state index contributed by atoms with van der Waals surface area (Å²) in [4.78, 5) is 23.0. The highest BCUT2D eigenvalue weighted by molar-refractivity contribution is 6.01. The molecule has 3 rings (SSSR count). The van der Waals surface area contributed by atoms with Gasteiger partial charge in [0, 0.05) is 18.0 Å². The van der Waals surface area contributed by atoms with E-state index in [-0.39, 0.29) is 23.2 Å². The Balaban J connectivity index is 2.01. The van der Waals surface area contributed by atoms with Gasteiger partial charge in [0.25, 0.3) is 0 Å². The SMILES string of the molecule is O=C1CCc2cc(C(=O)C3CC3)c(F)cc2N1. The third-order valence-corrected chi connectivity index (χ3v) is 3.30. The van der Waals surface area contributed by atoms with E-state index in [9.17, 15) is 14.0 Å². The zero-order chi connectivity index (χ0) is 12.0. The third-order valence-electron chi connectivity index (χ3n) is 3.30. The molecule has 1 aromatic rings. The number of carbonyl (C=O) groups excluding carboxylic acids is 2. The predicted octanol–water partition coefficient (Wildman–Crippen LogP) is 2.30. The first-order valence-electron chi connectivity index (χ1n) is 5.81. The zero-order valence-corrected chi connectivity index (χ0v) is 9.25. The summed E-state index contributed by atoms with van der Waals surface area (Å²) in [5, 5.41) is 2.62. The number of carbonyl (C=O) groups is 2. The molecular formula is C13H12FNO2. The highest BCUT2D eigenvalue weighted by Crippen LogP contribution is 2.35. The number of benzene rings is 1. The molecule has 0 atom stereocenters. The number of hydrogen-bond acceptors (Lipinski definition) is 2. The van der Waals surface area contributed by atoms with Gasteiger partial charge in [-0.3, -0.25) is 9.59 Å². The standard InChI is InChI=1S/C13H12FNO2/c14-10-6-11-8(3-4-12(16)15-11)5-9(10)13(17)7-1-2-7/h5-7H,1-4H2,(H,15,16). The molecule has 1 heterocycles. The molecule has 3 nitrogen and oxygen atoms in total. The van der Waals surface area contributed by atoms with E-state index in [1.807, 2.05) is 0 Å².